The highest BCUT2D eigenvalue weighted by Gasteiger charge is 2.31. The van der Waals surface area contributed by atoms with Crippen LogP contribution in [0.5, 0.6) is 5.19 Å². The average molecular weight is 310 g/mol. The third kappa shape index (κ3) is 4.14. The molecule has 1 N–H and O–H groups in total. The zero-order valence-corrected chi connectivity index (χ0v) is 13.2. The van der Waals surface area contributed by atoms with Gasteiger partial charge in [0.25, 0.3) is 5.19 Å². The first-order valence-corrected chi connectivity index (χ1v) is 8.54. The lowest BCUT2D eigenvalue weighted by Gasteiger charge is -2.31. The van der Waals surface area contributed by atoms with E-state index in [4.69, 9.17) is 4.74 Å². The Balaban J connectivity index is 1.41. The van der Waals surface area contributed by atoms with Gasteiger partial charge in [-0.1, -0.05) is 11.3 Å². The van der Waals surface area contributed by atoms with Gasteiger partial charge in [-0.25, -0.2) is 0 Å². The van der Waals surface area contributed by atoms with E-state index in [0.29, 0.717) is 23.8 Å². The summed E-state index contributed by atoms with van der Waals surface area (Å²) in [5.41, 5.74) is 0. The van der Waals surface area contributed by atoms with Crippen LogP contribution in [0.2, 0.25) is 0 Å². The van der Waals surface area contributed by atoms with Crippen molar-refractivity contribution in [1.82, 2.24) is 20.4 Å². The molecular weight excluding hydrogens is 288 g/mol. The fourth-order valence-corrected chi connectivity index (χ4v) is 3.36. The molecule has 2 aliphatic rings. The van der Waals surface area contributed by atoms with Gasteiger partial charge in [0.1, 0.15) is 5.01 Å². The number of ether oxygens (including phenoxy) is 1. The largest absolute Gasteiger partial charge is 0.469 e. The van der Waals surface area contributed by atoms with Crippen molar-refractivity contribution in [2.75, 3.05) is 19.7 Å². The van der Waals surface area contributed by atoms with Crippen molar-refractivity contribution in [2.45, 2.75) is 45.2 Å². The Kier molecular flexibility index (Phi) is 4.70. The molecule has 1 saturated heterocycles. The molecule has 1 aromatic heterocycles. The molecule has 0 bridgehead atoms. The summed E-state index contributed by atoms with van der Waals surface area (Å²) in [6, 6.07) is 0.350. The Bertz CT molecular complexity index is 481. The van der Waals surface area contributed by atoms with Gasteiger partial charge in [-0.15, -0.1) is 10.2 Å². The topological polar surface area (TPSA) is 67.4 Å². The minimum Gasteiger partial charge on any atom is -0.469 e. The van der Waals surface area contributed by atoms with Crippen molar-refractivity contribution < 1.29 is 9.53 Å². The first-order valence-electron chi connectivity index (χ1n) is 7.72. The normalized spacial score (nSPS) is 20.4. The van der Waals surface area contributed by atoms with Gasteiger partial charge in [0.05, 0.1) is 13.2 Å². The first-order chi connectivity index (χ1) is 10.2. The zero-order chi connectivity index (χ0) is 14.7. The molecule has 1 saturated carbocycles. The number of hydrogen-bond donors (Lipinski definition) is 1. The molecule has 3 rings (SSSR count). The Morgan fingerprint density at radius 1 is 1.33 bits per heavy atom. The van der Waals surface area contributed by atoms with Crippen molar-refractivity contribution in [2.24, 2.45) is 5.92 Å². The lowest BCUT2D eigenvalue weighted by Crippen LogP contribution is -2.44. The van der Waals surface area contributed by atoms with Crippen LogP contribution in [0.4, 0.5) is 0 Å². The Morgan fingerprint density at radius 2 is 2.10 bits per heavy atom. The predicted molar refractivity (Wildman–Crippen MR) is 80.2 cm³/mol. The van der Waals surface area contributed by atoms with Crippen LogP contribution < -0.4 is 10.1 Å². The smallest absolute Gasteiger partial charge is 0.294 e. The average Bonchev–Trinajstić information content (AvgIpc) is 3.24. The van der Waals surface area contributed by atoms with E-state index < -0.39 is 0 Å². The molecule has 2 fully saturated rings. The summed E-state index contributed by atoms with van der Waals surface area (Å²) in [4.78, 5) is 14.1. The monoisotopic (exact) mass is 310 g/mol. The number of piperidine rings is 1. The molecule has 0 spiro atoms. The Morgan fingerprint density at radius 3 is 2.76 bits per heavy atom. The summed E-state index contributed by atoms with van der Waals surface area (Å²) >= 11 is 1.52. The highest BCUT2D eigenvalue weighted by molar-refractivity contribution is 7.13. The van der Waals surface area contributed by atoms with Crippen molar-refractivity contribution in [3.63, 3.8) is 0 Å². The molecule has 1 aliphatic heterocycles. The maximum Gasteiger partial charge on any atom is 0.294 e. The van der Waals surface area contributed by atoms with E-state index in [2.05, 4.69) is 20.4 Å². The van der Waals surface area contributed by atoms with Gasteiger partial charge in [0, 0.05) is 25.0 Å². The van der Waals surface area contributed by atoms with Crippen LogP contribution in [0.15, 0.2) is 0 Å². The van der Waals surface area contributed by atoms with Crippen molar-refractivity contribution >= 4 is 17.2 Å². The highest BCUT2D eigenvalue weighted by atomic mass is 32.1. The van der Waals surface area contributed by atoms with Crippen LogP contribution >= 0.6 is 11.3 Å². The molecule has 7 heteroatoms. The number of nitrogens with one attached hydrogen (secondary N) is 1. The molecule has 1 aliphatic carbocycles. The summed E-state index contributed by atoms with van der Waals surface area (Å²) in [6.45, 7) is 5.40. The molecule has 0 radical (unpaired) electrons. The summed E-state index contributed by atoms with van der Waals surface area (Å²) in [5.74, 6) is 0.570. The van der Waals surface area contributed by atoms with Gasteiger partial charge in [-0.05, 0) is 32.6 Å². The predicted octanol–water partition coefficient (Wildman–Crippen LogP) is 1.43. The van der Waals surface area contributed by atoms with Gasteiger partial charge >= 0.3 is 0 Å². The molecular formula is C14H22N4O2S. The van der Waals surface area contributed by atoms with E-state index in [1.165, 1.54) is 11.3 Å². The quantitative estimate of drug-likeness (QED) is 0.861. The second kappa shape index (κ2) is 6.70. The van der Waals surface area contributed by atoms with Crippen LogP contribution in [0.25, 0.3) is 0 Å². The lowest BCUT2D eigenvalue weighted by atomic mass is 10.0. The summed E-state index contributed by atoms with van der Waals surface area (Å²) in [6.07, 6.45) is 4.19. The fraction of sp³-hybridized carbons (Fsp3) is 0.786. The second-order valence-electron chi connectivity index (χ2n) is 5.73. The summed E-state index contributed by atoms with van der Waals surface area (Å²) < 4.78 is 5.34. The van der Waals surface area contributed by atoms with E-state index in [1.54, 1.807) is 0 Å². The minimum absolute atomic E-state index is 0.263. The minimum atomic E-state index is 0.263. The zero-order valence-electron chi connectivity index (χ0n) is 12.4. The standard InChI is InChI=1S/C14H22N4O2S/c1-2-20-14-17-16-12(21-14)9-18-7-5-11(6-8-18)15-13(19)10-3-4-10/h10-11H,2-9H2,1H3,(H,15,19). The van der Waals surface area contributed by atoms with Crippen LogP contribution in [0, 0.1) is 5.92 Å². The van der Waals surface area contributed by atoms with Crippen LogP contribution in [0.1, 0.15) is 37.6 Å². The molecule has 0 aromatic carbocycles. The van der Waals surface area contributed by atoms with Gasteiger partial charge in [0.2, 0.25) is 5.91 Å². The van der Waals surface area contributed by atoms with Crippen molar-refractivity contribution in [3.8, 4) is 5.19 Å². The number of carbonyl (C=O) groups excluding carboxylic acids is 1. The summed E-state index contributed by atoms with van der Waals surface area (Å²) in [7, 11) is 0. The number of nitrogens with zero attached hydrogens (tertiary/aromatic N) is 3. The van der Waals surface area contributed by atoms with E-state index in [0.717, 1.165) is 50.3 Å². The van der Waals surface area contributed by atoms with E-state index >= 15 is 0 Å². The molecule has 116 valence electrons. The fourth-order valence-electron chi connectivity index (χ4n) is 2.58. The number of rotatable bonds is 6. The number of aromatic nitrogens is 2. The molecule has 2 heterocycles. The molecule has 0 unspecified atom stereocenters. The number of carbonyl (C=O) groups is 1. The highest BCUT2D eigenvalue weighted by Crippen LogP contribution is 2.29. The van der Waals surface area contributed by atoms with Crippen LogP contribution in [-0.2, 0) is 11.3 Å². The third-order valence-corrected chi connectivity index (χ3v) is 4.78. The third-order valence-electron chi connectivity index (χ3n) is 3.96. The van der Waals surface area contributed by atoms with Gasteiger partial charge < -0.3 is 10.1 Å². The second-order valence-corrected chi connectivity index (χ2v) is 6.75. The SMILES string of the molecule is CCOc1nnc(CN2CCC(NC(=O)C3CC3)CC2)s1. The Hall–Kier alpha value is -1.21. The van der Waals surface area contributed by atoms with E-state index in [-0.39, 0.29) is 5.91 Å². The number of hydrogen-bond acceptors (Lipinski definition) is 6. The van der Waals surface area contributed by atoms with Crippen molar-refractivity contribution in [1.29, 1.82) is 0 Å². The summed E-state index contributed by atoms with van der Waals surface area (Å²) in [5, 5.41) is 13.0. The van der Waals surface area contributed by atoms with Crippen LogP contribution in [-0.4, -0.2) is 46.7 Å². The van der Waals surface area contributed by atoms with Crippen molar-refractivity contribution in [3.05, 3.63) is 5.01 Å². The number of likely N-dealkylation sites (tertiary alicyclic amines) is 1. The van der Waals surface area contributed by atoms with Crippen LogP contribution in [0.3, 0.4) is 0 Å². The molecule has 6 nitrogen and oxygen atoms in total. The van der Waals surface area contributed by atoms with Gasteiger partial charge in [-0.3, -0.25) is 9.69 Å². The lowest BCUT2D eigenvalue weighted by molar-refractivity contribution is -0.123. The number of amides is 1. The van der Waals surface area contributed by atoms with Gasteiger partial charge in [0.15, 0.2) is 0 Å². The maximum absolute atomic E-state index is 11.8. The molecule has 1 amide bonds. The molecule has 21 heavy (non-hydrogen) atoms. The van der Waals surface area contributed by atoms with Gasteiger partial charge in [-0.2, -0.15) is 0 Å². The van der Waals surface area contributed by atoms with E-state index in [9.17, 15) is 4.79 Å². The molecule has 1 aromatic rings. The first kappa shape index (κ1) is 14.7. The maximum atomic E-state index is 11.8. The molecule has 0 atom stereocenters. The van der Waals surface area contributed by atoms with E-state index in [1.807, 2.05) is 6.92 Å². The Labute approximate surface area is 128 Å².